The van der Waals surface area contributed by atoms with Gasteiger partial charge in [0.15, 0.2) is 0 Å². The van der Waals surface area contributed by atoms with Gasteiger partial charge in [-0.05, 0) is 39.7 Å². The van der Waals surface area contributed by atoms with E-state index in [4.69, 9.17) is 0 Å². The number of urea groups is 1. The van der Waals surface area contributed by atoms with Crippen LogP contribution in [0.4, 0.5) is 4.79 Å². The van der Waals surface area contributed by atoms with Crippen molar-refractivity contribution in [2.24, 2.45) is 0 Å². The summed E-state index contributed by atoms with van der Waals surface area (Å²) in [6.45, 7) is 6.16. The maximum Gasteiger partial charge on any atom is 0.314 e. The van der Waals surface area contributed by atoms with Crippen LogP contribution in [-0.2, 0) is 0 Å². The number of hydrogen-bond donors (Lipinski definition) is 3. The minimum Gasteiger partial charge on any atom is -0.388 e. The van der Waals surface area contributed by atoms with E-state index in [-0.39, 0.29) is 6.03 Å². The number of rotatable bonds is 7. The second-order valence-electron chi connectivity index (χ2n) is 5.43. The van der Waals surface area contributed by atoms with Gasteiger partial charge in [0, 0.05) is 25.7 Å². The second-order valence-corrected chi connectivity index (χ2v) is 5.43. The fourth-order valence-electron chi connectivity index (χ4n) is 1.95. The molecule has 0 aromatic carbocycles. The molecule has 18 heavy (non-hydrogen) atoms. The van der Waals surface area contributed by atoms with Gasteiger partial charge in [0.05, 0.1) is 5.60 Å². The fraction of sp³-hybridized carbons (Fsp3) is 0.923. The summed E-state index contributed by atoms with van der Waals surface area (Å²) in [6.07, 6.45) is 3.75. The highest BCUT2D eigenvalue weighted by molar-refractivity contribution is 5.73. The molecule has 0 bridgehead atoms. The Labute approximate surface area is 110 Å². The van der Waals surface area contributed by atoms with Crippen molar-refractivity contribution in [2.75, 3.05) is 26.7 Å². The van der Waals surface area contributed by atoms with Gasteiger partial charge >= 0.3 is 6.03 Å². The molecule has 1 saturated carbocycles. The Hall–Kier alpha value is -0.810. The number of nitrogens with one attached hydrogen (secondary N) is 2. The maximum atomic E-state index is 11.5. The van der Waals surface area contributed by atoms with Crippen molar-refractivity contribution in [2.45, 2.75) is 51.2 Å². The number of aliphatic hydroxyl groups is 1. The summed E-state index contributed by atoms with van der Waals surface area (Å²) in [4.78, 5) is 13.7. The number of amides is 2. The lowest BCUT2D eigenvalue weighted by Crippen LogP contribution is -2.50. The molecule has 2 amide bonds. The van der Waals surface area contributed by atoms with Gasteiger partial charge in [-0.1, -0.05) is 6.92 Å². The van der Waals surface area contributed by atoms with E-state index in [2.05, 4.69) is 36.4 Å². The zero-order valence-corrected chi connectivity index (χ0v) is 11.8. The Kier molecular flexibility index (Phi) is 5.88. The van der Waals surface area contributed by atoms with E-state index < -0.39 is 5.60 Å². The molecule has 1 aliphatic carbocycles. The first-order valence-electron chi connectivity index (χ1n) is 6.91. The molecule has 5 nitrogen and oxygen atoms in total. The molecule has 1 rings (SSSR count). The SMILES string of the molecule is CCC(C)N(C)CCNC(=O)NCC1(O)CCC1. The van der Waals surface area contributed by atoms with Crippen molar-refractivity contribution >= 4 is 6.03 Å². The molecule has 0 saturated heterocycles. The van der Waals surface area contributed by atoms with E-state index in [1.807, 2.05) is 0 Å². The lowest BCUT2D eigenvalue weighted by Gasteiger charge is -2.36. The number of carbonyl (C=O) groups is 1. The van der Waals surface area contributed by atoms with Crippen LogP contribution in [0.3, 0.4) is 0 Å². The second kappa shape index (κ2) is 6.95. The van der Waals surface area contributed by atoms with Gasteiger partial charge in [0.2, 0.25) is 0 Å². The Bertz CT molecular complexity index is 267. The topological polar surface area (TPSA) is 64.6 Å². The average molecular weight is 257 g/mol. The lowest BCUT2D eigenvalue weighted by molar-refractivity contribution is -0.0290. The summed E-state index contributed by atoms with van der Waals surface area (Å²) in [5.41, 5.74) is -0.648. The van der Waals surface area contributed by atoms with Gasteiger partial charge in [-0.3, -0.25) is 0 Å². The van der Waals surface area contributed by atoms with E-state index in [1.165, 1.54) is 0 Å². The van der Waals surface area contributed by atoms with Crippen molar-refractivity contribution in [3.05, 3.63) is 0 Å². The summed E-state index contributed by atoms with van der Waals surface area (Å²) in [5, 5.41) is 15.4. The summed E-state index contributed by atoms with van der Waals surface area (Å²) in [5.74, 6) is 0. The average Bonchev–Trinajstić information content (AvgIpc) is 2.32. The highest BCUT2D eigenvalue weighted by Crippen LogP contribution is 2.30. The molecule has 0 aliphatic heterocycles. The summed E-state index contributed by atoms with van der Waals surface area (Å²) in [7, 11) is 2.06. The lowest BCUT2D eigenvalue weighted by atomic mass is 9.80. The molecule has 1 fully saturated rings. The van der Waals surface area contributed by atoms with Crippen molar-refractivity contribution < 1.29 is 9.90 Å². The van der Waals surface area contributed by atoms with E-state index in [0.717, 1.165) is 32.2 Å². The minimum absolute atomic E-state index is 0.187. The van der Waals surface area contributed by atoms with Crippen LogP contribution < -0.4 is 10.6 Å². The monoisotopic (exact) mass is 257 g/mol. The third-order valence-corrected chi connectivity index (χ3v) is 3.96. The van der Waals surface area contributed by atoms with Gasteiger partial charge < -0.3 is 20.6 Å². The highest BCUT2D eigenvalue weighted by Gasteiger charge is 2.34. The predicted octanol–water partition coefficient (Wildman–Crippen LogP) is 0.931. The largest absolute Gasteiger partial charge is 0.388 e. The molecule has 0 heterocycles. The predicted molar refractivity (Wildman–Crippen MR) is 72.6 cm³/mol. The normalized spacial score (nSPS) is 19.2. The van der Waals surface area contributed by atoms with E-state index in [9.17, 15) is 9.90 Å². The molecular formula is C13H27N3O2. The molecule has 0 aromatic rings. The van der Waals surface area contributed by atoms with E-state index in [0.29, 0.717) is 19.1 Å². The third kappa shape index (κ3) is 4.82. The number of nitrogens with zero attached hydrogens (tertiary/aromatic N) is 1. The summed E-state index contributed by atoms with van der Waals surface area (Å²) >= 11 is 0. The van der Waals surface area contributed by atoms with E-state index >= 15 is 0 Å². The van der Waals surface area contributed by atoms with Crippen LogP contribution in [0.5, 0.6) is 0 Å². The van der Waals surface area contributed by atoms with Crippen molar-refractivity contribution in [1.82, 2.24) is 15.5 Å². The van der Waals surface area contributed by atoms with Crippen molar-refractivity contribution in [3.8, 4) is 0 Å². The molecule has 5 heteroatoms. The number of hydrogen-bond acceptors (Lipinski definition) is 3. The molecule has 106 valence electrons. The zero-order valence-electron chi connectivity index (χ0n) is 11.8. The van der Waals surface area contributed by atoms with Crippen LogP contribution in [0.15, 0.2) is 0 Å². The molecule has 0 aromatic heterocycles. The zero-order chi connectivity index (χ0) is 13.6. The van der Waals surface area contributed by atoms with Crippen LogP contribution in [0.2, 0.25) is 0 Å². The quantitative estimate of drug-likeness (QED) is 0.636. The van der Waals surface area contributed by atoms with Gasteiger partial charge in [-0.25, -0.2) is 4.79 Å². The molecular weight excluding hydrogens is 230 g/mol. The van der Waals surface area contributed by atoms with Gasteiger partial charge in [0.1, 0.15) is 0 Å². The highest BCUT2D eigenvalue weighted by atomic mass is 16.3. The molecule has 3 N–H and O–H groups in total. The van der Waals surface area contributed by atoms with Crippen LogP contribution >= 0.6 is 0 Å². The number of likely N-dealkylation sites (N-methyl/N-ethyl adjacent to an activating group) is 1. The smallest absolute Gasteiger partial charge is 0.314 e. The first-order chi connectivity index (χ1) is 8.47. The molecule has 0 spiro atoms. The van der Waals surface area contributed by atoms with Gasteiger partial charge in [0.25, 0.3) is 0 Å². The standard InChI is InChI=1S/C13H27N3O2/c1-4-11(2)16(3)9-8-14-12(17)15-10-13(18)6-5-7-13/h11,18H,4-10H2,1-3H3,(H2,14,15,17). The molecule has 1 aliphatic rings. The van der Waals surface area contributed by atoms with E-state index in [1.54, 1.807) is 0 Å². The van der Waals surface area contributed by atoms with Crippen LogP contribution in [0.1, 0.15) is 39.5 Å². The molecule has 0 radical (unpaired) electrons. The Morgan fingerprint density at radius 2 is 2.11 bits per heavy atom. The number of carbonyl (C=O) groups excluding carboxylic acids is 1. The van der Waals surface area contributed by atoms with Crippen LogP contribution in [-0.4, -0.2) is 54.4 Å². The first-order valence-corrected chi connectivity index (χ1v) is 6.91. The minimum atomic E-state index is -0.648. The van der Waals surface area contributed by atoms with Gasteiger partial charge in [-0.15, -0.1) is 0 Å². The Balaban J connectivity index is 2.06. The Morgan fingerprint density at radius 1 is 1.44 bits per heavy atom. The summed E-state index contributed by atoms with van der Waals surface area (Å²) < 4.78 is 0. The van der Waals surface area contributed by atoms with Crippen LogP contribution in [0.25, 0.3) is 0 Å². The van der Waals surface area contributed by atoms with Crippen molar-refractivity contribution in [1.29, 1.82) is 0 Å². The fourth-order valence-corrected chi connectivity index (χ4v) is 1.95. The third-order valence-electron chi connectivity index (χ3n) is 3.96. The first kappa shape index (κ1) is 15.2. The summed E-state index contributed by atoms with van der Waals surface area (Å²) in [6, 6.07) is 0.346. The maximum absolute atomic E-state index is 11.5. The molecule has 1 unspecified atom stereocenters. The van der Waals surface area contributed by atoms with Crippen molar-refractivity contribution in [3.63, 3.8) is 0 Å². The Morgan fingerprint density at radius 3 is 2.61 bits per heavy atom. The van der Waals surface area contributed by atoms with Gasteiger partial charge in [-0.2, -0.15) is 0 Å². The van der Waals surface area contributed by atoms with Crippen LogP contribution in [0, 0.1) is 0 Å². The molecule has 1 atom stereocenters.